The van der Waals surface area contributed by atoms with Gasteiger partial charge in [-0.05, 0) is 48.9 Å². The minimum absolute atomic E-state index is 0.209. The molecule has 1 saturated heterocycles. The third kappa shape index (κ3) is 3.91. The summed E-state index contributed by atoms with van der Waals surface area (Å²) in [6.07, 6.45) is 4.19. The Morgan fingerprint density at radius 1 is 1.13 bits per heavy atom. The van der Waals surface area contributed by atoms with Crippen molar-refractivity contribution in [3.8, 4) is 0 Å². The van der Waals surface area contributed by atoms with Gasteiger partial charge in [-0.15, -0.1) is 0 Å². The van der Waals surface area contributed by atoms with Crippen molar-refractivity contribution in [2.45, 2.75) is 30.6 Å². The van der Waals surface area contributed by atoms with Crippen LogP contribution in [0.4, 0.5) is 0 Å². The maximum absolute atomic E-state index is 12.4. The molecule has 0 saturated carbocycles. The van der Waals surface area contributed by atoms with Gasteiger partial charge in [-0.3, -0.25) is 4.79 Å². The molecule has 1 amide bonds. The summed E-state index contributed by atoms with van der Waals surface area (Å²) in [7, 11) is -3.66. The summed E-state index contributed by atoms with van der Waals surface area (Å²) < 4.78 is 32.4. The Kier molecular flexibility index (Phi) is 4.99. The Morgan fingerprint density at radius 3 is 2.57 bits per heavy atom. The molecule has 23 heavy (non-hydrogen) atoms. The number of aryl methyl sites for hydroxylation is 2. The van der Waals surface area contributed by atoms with Crippen molar-refractivity contribution < 1.29 is 17.9 Å². The van der Waals surface area contributed by atoms with Gasteiger partial charge in [-0.1, -0.05) is 6.07 Å². The van der Waals surface area contributed by atoms with E-state index in [1.54, 1.807) is 17.0 Å². The van der Waals surface area contributed by atoms with Crippen LogP contribution in [0.2, 0.25) is 0 Å². The second kappa shape index (κ2) is 6.98. The number of morpholine rings is 1. The number of rotatable bonds is 4. The van der Waals surface area contributed by atoms with Crippen LogP contribution in [-0.2, 0) is 32.4 Å². The first-order valence-corrected chi connectivity index (χ1v) is 9.51. The lowest BCUT2D eigenvalue weighted by molar-refractivity contribution is -0.133. The van der Waals surface area contributed by atoms with Crippen molar-refractivity contribution in [2.75, 3.05) is 32.8 Å². The van der Waals surface area contributed by atoms with Gasteiger partial charge >= 0.3 is 0 Å². The molecule has 0 atom stereocenters. The van der Waals surface area contributed by atoms with Crippen LogP contribution < -0.4 is 4.72 Å². The zero-order chi connectivity index (χ0) is 16.3. The van der Waals surface area contributed by atoms with E-state index >= 15 is 0 Å². The number of carbonyl (C=O) groups is 1. The molecule has 0 aromatic heterocycles. The first-order valence-electron chi connectivity index (χ1n) is 8.03. The maximum atomic E-state index is 12.4. The molecule has 2 aliphatic rings. The molecule has 126 valence electrons. The highest BCUT2D eigenvalue weighted by Crippen LogP contribution is 2.23. The zero-order valence-corrected chi connectivity index (χ0v) is 13.9. The van der Waals surface area contributed by atoms with Crippen LogP contribution in [0.15, 0.2) is 23.1 Å². The highest BCUT2D eigenvalue weighted by molar-refractivity contribution is 7.89. The second-order valence-electron chi connectivity index (χ2n) is 5.96. The Bertz CT molecular complexity index is 681. The molecule has 1 aliphatic heterocycles. The van der Waals surface area contributed by atoms with Crippen LogP contribution in [-0.4, -0.2) is 52.1 Å². The molecular weight excluding hydrogens is 316 g/mol. The van der Waals surface area contributed by atoms with E-state index in [-0.39, 0.29) is 17.3 Å². The number of hydrogen-bond acceptors (Lipinski definition) is 4. The average Bonchev–Trinajstić information content (AvgIpc) is 2.60. The van der Waals surface area contributed by atoms with Crippen molar-refractivity contribution in [3.05, 3.63) is 29.3 Å². The van der Waals surface area contributed by atoms with Gasteiger partial charge < -0.3 is 9.64 Å². The smallest absolute Gasteiger partial charge is 0.241 e. The Labute approximate surface area is 136 Å². The van der Waals surface area contributed by atoms with E-state index < -0.39 is 10.0 Å². The highest BCUT2D eigenvalue weighted by Gasteiger charge is 2.21. The molecule has 0 bridgehead atoms. The number of ether oxygens (including phenoxy) is 1. The lowest BCUT2D eigenvalue weighted by atomic mass is 9.92. The molecule has 1 aliphatic carbocycles. The zero-order valence-electron chi connectivity index (χ0n) is 13.1. The predicted octanol–water partition coefficient (Wildman–Crippen LogP) is 0.702. The quantitative estimate of drug-likeness (QED) is 0.877. The molecule has 1 heterocycles. The topological polar surface area (TPSA) is 75.7 Å². The summed E-state index contributed by atoms with van der Waals surface area (Å²) in [5.41, 5.74) is 2.35. The molecule has 0 radical (unpaired) electrons. The van der Waals surface area contributed by atoms with Gasteiger partial charge in [-0.2, -0.15) is 0 Å². The van der Waals surface area contributed by atoms with E-state index in [2.05, 4.69) is 4.72 Å². The second-order valence-corrected chi connectivity index (χ2v) is 7.72. The van der Waals surface area contributed by atoms with Crippen LogP contribution in [0.5, 0.6) is 0 Å². The first-order chi connectivity index (χ1) is 11.1. The van der Waals surface area contributed by atoms with Crippen LogP contribution >= 0.6 is 0 Å². The van der Waals surface area contributed by atoms with Crippen molar-refractivity contribution in [2.24, 2.45) is 0 Å². The molecule has 7 heteroatoms. The van der Waals surface area contributed by atoms with Crippen molar-refractivity contribution in [3.63, 3.8) is 0 Å². The van der Waals surface area contributed by atoms with E-state index in [4.69, 9.17) is 4.74 Å². The summed E-state index contributed by atoms with van der Waals surface area (Å²) >= 11 is 0. The summed E-state index contributed by atoms with van der Waals surface area (Å²) in [6.45, 7) is 1.82. The van der Waals surface area contributed by atoms with Crippen LogP contribution in [0.25, 0.3) is 0 Å². The van der Waals surface area contributed by atoms with Crippen molar-refractivity contribution in [1.82, 2.24) is 9.62 Å². The summed E-state index contributed by atoms with van der Waals surface area (Å²) in [5.74, 6) is -0.213. The number of fused-ring (bicyclic) bond motifs is 1. The number of hydrogen-bond donors (Lipinski definition) is 1. The summed E-state index contributed by atoms with van der Waals surface area (Å²) in [5, 5.41) is 0. The number of benzene rings is 1. The van der Waals surface area contributed by atoms with E-state index in [1.165, 1.54) is 5.56 Å². The maximum Gasteiger partial charge on any atom is 0.241 e. The molecule has 1 fully saturated rings. The monoisotopic (exact) mass is 338 g/mol. The molecular formula is C16H22N2O4S. The van der Waals surface area contributed by atoms with Crippen LogP contribution in [0.3, 0.4) is 0 Å². The average molecular weight is 338 g/mol. The van der Waals surface area contributed by atoms with E-state index in [0.717, 1.165) is 31.2 Å². The van der Waals surface area contributed by atoms with Gasteiger partial charge in [0, 0.05) is 13.1 Å². The SMILES string of the molecule is O=C(CNS(=O)(=O)c1ccc2c(c1)CCCC2)N1CCOCC1. The normalized spacial score (nSPS) is 18.5. The lowest BCUT2D eigenvalue weighted by Gasteiger charge is -2.26. The minimum Gasteiger partial charge on any atom is -0.378 e. The van der Waals surface area contributed by atoms with E-state index in [1.807, 2.05) is 6.07 Å². The Morgan fingerprint density at radius 2 is 1.83 bits per heavy atom. The Hall–Kier alpha value is -1.44. The fourth-order valence-electron chi connectivity index (χ4n) is 3.04. The lowest BCUT2D eigenvalue weighted by Crippen LogP contribution is -2.45. The minimum atomic E-state index is -3.66. The fourth-order valence-corrected chi connectivity index (χ4v) is 4.07. The fraction of sp³-hybridized carbons (Fsp3) is 0.562. The van der Waals surface area contributed by atoms with Gasteiger partial charge in [0.2, 0.25) is 15.9 Å². The molecule has 1 aromatic rings. The standard InChI is InChI=1S/C16H22N2O4S/c19-16(18-7-9-22-10-8-18)12-17-23(20,21)15-6-5-13-3-1-2-4-14(13)11-15/h5-6,11,17H,1-4,7-10,12H2. The van der Waals surface area contributed by atoms with Crippen molar-refractivity contribution >= 4 is 15.9 Å². The highest BCUT2D eigenvalue weighted by atomic mass is 32.2. The number of sulfonamides is 1. The predicted molar refractivity (Wildman–Crippen MR) is 85.7 cm³/mol. The molecule has 1 N–H and O–H groups in total. The molecule has 1 aromatic carbocycles. The van der Waals surface area contributed by atoms with E-state index in [9.17, 15) is 13.2 Å². The molecule has 3 rings (SSSR count). The van der Waals surface area contributed by atoms with Gasteiger partial charge in [0.15, 0.2) is 0 Å². The van der Waals surface area contributed by atoms with Gasteiger partial charge in [-0.25, -0.2) is 13.1 Å². The molecule has 6 nitrogen and oxygen atoms in total. The third-order valence-electron chi connectivity index (χ3n) is 4.41. The van der Waals surface area contributed by atoms with Gasteiger partial charge in [0.05, 0.1) is 24.7 Å². The van der Waals surface area contributed by atoms with Crippen LogP contribution in [0, 0.1) is 0 Å². The first kappa shape index (κ1) is 16.4. The summed E-state index contributed by atoms with van der Waals surface area (Å²) in [4.78, 5) is 13.9. The largest absolute Gasteiger partial charge is 0.378 e. The summed E-state index contributed by atoms with van der Waals surface area (Å²) in [6, 6.07) is 5.27. The number of nitrogens with one attached hydrogen (secondary N) is 1. The Balaban J connectivity index is 1.65. The van der Waals surface area contributed by atoms with Crippen LogP contribution in [0.1, 0.15) is 24.0 Å². The number of nitrogens with zero attached hydrogens (tertiary/aromatic N) is 1. The van der Waals surface area contributed by atoms with Gasteiger partial charge in [0.25, 0.3) is 0 Å². The van der Waals surface area contributed by atoms with Crippen molar-refractivity contribution in [1.29, 1.82) is 0 Å². The molecule has 0 unspecified atom stereocenters. The number of carbonyl (C=O) groups excluding carboxylic acids is 1. The third-order valence-corrected chi connectivity index (χ3v) is 5.81. The number of amides is 1. The van der Waals surface area contributed by atoms with Gasteiger partial charge in [0.1, 0.15) is 0 Å². The van der Waals surface area contributed by atoms with E-state index in [0.29, 0.717) is 26.3 Å². The molecule has 0 spiro atoms.